The number of benzene rings is 1. The first-order chi connectivity index (χ1) is 8.52. The SMILES string of the molecule is CC1(CNC(=O)c2cccc(F)c2N)CCCS1. The van der Waals surface area contributed by atoms with Crippen LogP contribution in [-0.4, -0.2) is 23.0 Å². The van der Waals surface area contributed by atoms with Crippen molar-refractivity contribution in [3.05, 3.63) is 29.6 Å². The van der Waals surface area contributed by atoms with Crippen molar-refractivity contribution in [2.45, 2.75) is 24.5 Å². The minimum Gasteiger partial charge on any atom is -0.396 e. The van der Waals surface area contributed by atoms with Gasteiger partial charge in [-0.3, -0.25) is 4.79 Å². The Labute approximate surface area is 110 Å². The fraction of sp³-hybridized carbons (Fsp3) is 0.462. The van der Waals surface area contributed by atoms with Crippen molar-refractivity contribution in [3.8, 4) is 0 Å². The summed E-state index contributed by atoms with van der Waals surface area (Å²) in [6, 6.07) is 4.28. The van der Waals surface area contributed by atoms with Crippen molar-refractivity contribution in [1.29, 1.82) is 0 Å². The molecule has 1 fully saturated rings. The van der Waals surface area contributed by atoms with Crippen LogP contribution in [0.3, 0.4) is 0 Å². The van der Waals surface area contributed by atoms with Gasteiger partial charge in [0.1, 0.15) is 5.82 Å². The Morgan fingerprint density at radius 1 is 1.61 bits per heavy atom. The van der Waals surface area contributed by atoms with Crippen molar-refractivity contribution in [1.82, 2.24) is 5.32 Å². The number of carbonyl (C=O) groups is 1. The number of nitrogen functional groups attached to an aromatic ring is 1. The van der Waals surface area contributed by atoms with Crippen molar-refractivity contribution < 1.29 is 9.18 Å². The monoisotopic (exact) mass is 268 g/mol. The van der Waals surface area contributed by atoms with Gasteiger partial charge >= 0.3 is 0 Å². The lowest BCUT2D eigenvalue weighted by Crippen LogP contribution is -2.37. The zero-order chi connectivity index (χ0) is 13.2. The number of thioether (sulfide) groups is 1. The molecule has 3 nitrogen and oxygen atoms in total. The highest BCUT2D eigenvalue weighted by Crippen LogP contribution is 2.37. The average molecular weight is 268 g/mol. The fourth-order valence-corrected chi connectivity index (χ4v) is 3.32. The Bertz CT molecular complexity index is 458. The van der Waals surface area contributed by atoms with E-state index in [4.69, 9.17) is 5.73 Å². The molecule has 1 amide bonds. The second-order valence-corrected chi connectivity index (χ2v) is 6.47. The van der Waals surface area contributed by atoms with E-state index in [0.717, 1.165) is 12.2 Å². The van der Waals surface area contributed by atoms with Gasteiger partial charge in [-0.15, -0.1) is 0 Å². The molecule has 0 aromatic heterocycles. The molecule has 1 aliphatic rings. The standard InChI is InChI=1S/C13H17FN2OS/c1-13(6-3-7-18-13)8-16-12(17)9-4-2-5-10(14)11(9)15/h2,4-5H,3,6-8,15H2,1H3,(H,16,17). The number of halogens is 1. The molecule has 1 saturated heterocycles. The molecule has 0 saturated carbocycles. The molecule has 1 aromatic rings. The molecule has 0 radical (unpaired) electrons. The van der Waals surface area contributed by atoms with E-state index in [1.165, 1.54) is 24.6 Å². The molecule has 1 aromatic carbocycles. The first-order valence-electron chi connectivity index (χ1n) is 5.98. The third-order valence-electron chi connectivity index (χ3n) is 3.22. The molecule has 18 heavy (non-hydrogen) atoms. The number of nitrogens with one attached hydrogen (secondary N) is 1. The maximum Gasteiger partial charge on any atom is 0.253 e. The summed E-state index contributed by atoms with van der Waals surface area (Å²) in [5.74, 6) is 0.277. The van der Waals surface area contributed by atoms with Crippen LogP contribution >= 0.6 is 11.8 Å². The van der Waals surface area contributed by atoms with E-state index in [2.05, 4.69) is 12.2 Å². The van der Waals surface area contributed by atoms with Gasteiger partial charge in [0.25, 0.3) is 5.91 Å². The van der Waals surface area contributed by atoms with Gasteiger partial charge < -0.3 is 11.1 Å². The molecule has 1 aliphatic heterocycles. The number of rotatable bonds is 3. The van der Waals surface area contributed by atoms with Crippen LogP contribution < -0.4 is 11.1 Å². The smallest absolute Gasteiger partial charge is 0.253 e. The van der Waals surface area contributed by atoms with E-state index < -0.39 is 5.82 Å². The van der Waals surface area contributed by atoms with E-state index >= 15 is 0 Å². The fourth-order valence-electron chi connectivity index (χ4n) is 2.07. The Hall–Kier alpha value is -1.23. The lowest BCUT2D eigenvalue weighted by molar-refractivity contribution is 0.0950. The number of carbonyl (C=O) groups excluding carboxylic acids is 1. The largest absolute Gasteiger partial charge is 0.396 e. The Morgan fingerprint density at radius 2 is 2.39 bits per heavy atom. The van der Waals surface area contributed by atoms with E-state index in [1.54, 1.807) is 0 Å². The van der Waals surface area contributed by atoms with Gasteiger partial charge in [0, 0.05) is 11.3 Å². The summed E-state index contributed by atoms with van der Waals surface area (Å²) in [5, 5.41) is 2.84. The summed E-state index contributed by atoms with van der Waals surface area (Å²) >= 11 is 1.87. The predicted molar refractivity (Wildman–Crippen MR) is 73.2 cm³/mol. The lowest BCUT2D eigenvalue weighted by atomic mass is 10.1. The molecule has 0 bridgehead atoms. The van der Waals surface area contributed by atoms with Gasteiger partial charge in [0.05, 0.1) is 11.3 Å². The summed E-state index contributed by atoms with van der Waals surface area (Å²) < 4.78 is 13.3. The van der Waals surface area contributed by atoms with Gasteiger partial charge in [-0.25, -0.2) is 4.39 Å². The third-order valence-corrected chi connectivity index (χ3v) is 4.76. The minimum absolute atomic E-state index is 0.0840. The summed E-state index contributed by atoms with van der Waals surface area (Å²) in [5.41, 5.74) is 5.68. The lowest BCUT2D eigenvalue weighted by Gasteiger charge is -2.23. The number of hydrogen-bond acceptors (Lipinski definition) is 3. The number of nitrogens with two attached hydrogens (primary N) is 1. The van der Waals surface area contributed by atoms with Crippen molar-refractivity contribution in [3.63, 3.8) is 0 Å². The number of hydrogen-bond donors (Lipinski definition) is 2. The quantitative estimate of drug-likeness (QED) is 0.828. The molecule has 98 valence electrons. The van der Waals surface area contributed by atoms with Crippen LogP contribution in [0, 0.1) is 5.82 Å². The highest BCUT2D eigenvalue weighted by atomic mass is 32.2. The van der Waals surface area contributed by atoms with Gasteiger partial charge in [0.2, 0.25) is 0 Å². The average Bonchev–Trinajstić information content (AvgIpc) is 2.77. The minimum atomic E-state index is -0.552. The molecule has 3 N–H and O–H groups in total. The third kappa shape index (κ3) is 2.77. The van der Waals surface area contributed by atoms with E-state index in [1.807, 2.05) is 11.8 Å². The maximum absolute atomic E-state index is 13.2. The van der Waals surface area contributed by atoms with Crippen LogP contribution in [0.1, 0.15) is 30.1 Å². The molecule has 0 aliphatic carbocycles. The molecular weight excluding hydrogens is 251 g/mol. The molecular formula is C13H17FN2OS. The van der Waals surface area contributed by atoms with Gasteiger partial charge in [-0.05, 0) is 37.7 Å². The first-order valence-corrected chi connectivity index (χ1v) is 6.96. The molecule has 1 atom stereocenters. The predicted octanol–water partition coefficient (Wildman–Crippen LogP) is 2.42. The van der Waals surface area contributed by atoms with Crippen LogP contribution in [-0.2, 0) is 0 Å². The number of para-hydroxylation sites is 1. The molecule has 1 unspecified atom stereocenters. The summed E-state index contributed by atoms with van der Waals surface area (Å²) in [4.78, 5) is 11.9. The Balaban J connectivity index is 2.01. The van der Waals surface area contributed by atoms with Crippen molar-refractivity contribution in [2.75, 3.05) is 18.0 Å². The van der Waals surface area contributed by atoms with Crippen molar-refractivity contribution >= 4 is 23.4 Å². The number of amides is 1. The highest BCUT2D eigenvalue weighted by molar-refractivity contribution is 8.00. The second kappa shape index (κ2) is 5.18. The summed E-state index contributed by atoms with van der Waals surface area (Å²) in [6.45, 7) is 2.73. The Kier molecular flexibility index (Phi) is 3.80. The van der Waals surface area contributed by atoms with E-state index in [-0.39, 0.29) is 21.9 Å². The molecule has 0 spiro atoms. The normalized spacial score (nSPS) is 23.0. The van der Waals surface area contributed by atoms with E-state index in [0.29, 0.717) is 6.54 Å². The topological polar surface area (TPSA) is 55.1 Å². The van der Waals surface area contributed by atoms with Crippen LogP contribution in [0.15, 0.2) is 18.2 Å². The van der Waals surface area contributed by atoms with Crippen LogP contribution in [0.25, 0.3) is 0 Å². The zero-order valence-corrected chi connectivity index (χ0v) is 11.1. The van der Waals surface area contributed by atoms with Crippen LogP contribution in [0.5, 0.6) is 0 Å². The van der Waals surface area contributed by atoms with Gasteiger partial charge in [0.15, 0.2) is 0 Å². The van der Waals surface area contributed by atoms with Crippen LogP contribution in [0.2, 0.25) is 0 Å². The highest BCUT2D eigenvalue weighted by Gasteiger charge is 2.30. The number of anilines is 1. The zero-order valence-electron chi connectivity index (χ0n) is 10.3. The summed E-state index contributed by atoms with van der Waals surface area (Å²) in [6.07, 6.45) is 2.27. The van der Waals surface area contributed by atoms with Gasteiger partial charge in [-0.2, -0.15) is 11.8 Å². The molecule has 5 heteroatoms. The maximum atomic E-state index is 13.2. The second-order valence-electron chi connectivity index (χ2n) is 4.79. The van der Waals surface area contributed by atoms with Gasteiger partial charge in [-0.1, -0.05) is 6.07 Å². The Morgan fingerprint density at radius 3 is 3.06 bits per heavy atom. The van der Waals surface area contributed by atoms with Crippen LogP contribution in [0.4, 0.5) is 10.1 Å². The summed E-state index contributed by atoms with van der Waals surface area (Å²) in [7, 11) is 0. The van der Waals surface area contributed by atoms with E-state index in [9.17, 15) is 9.18 Å². The molecule has 2 rings (SSSR count). The first kappa shape index (κ1) is 13.2. The van der Waals surface area contributed by atoms with Crippen molar-refractivity contribution in [2.24, 2.45) is 0 Å². The molecule has 1 heterocycles.